The highest BCUT2D eigenvalue weighted by atomic mass is 16.5. The molecule has 1 aromatic rings. The number of rotatable bonds is 3. The number of ether oxygens (including phenoxy) is 1. The summed E-state index contributed by atoms with van der Waals surface area (Å²) < 4.78 is 5.83. The molecule has 3 rings (SSSR count). The molecule has 0 bridgehead atoms. The molecule has 2 aliphatic heterocycles. The molecule has 0 aromatic carbocycles. The molecule has 1 N–H and O–H groups in total. The van der Waals surface area contributed by atoms with Crippen molar-refractivity contribution in [2.24, 2.45) is 5.92 Å². The number of carbonyl (C=O) groups excluding carboxylic acids is 2. The highest BCUT2D eigenvalue weighted by Crippen LogP contribution is 2.27. The predicted octanol–water partition coefficient (Wildman–Crippen LogP) is 0.677. The third-order valence-electron chi connectivity index (χ3n) is 4.94. The topological polar surface area (TPSA) is 87.7 Å². The second-order valence-corrected chi connectivity index (χ2v) is 6.46. The molecule has 8 nitrogen and oxygen atoms in total. The van der Waals surface area contributed by atoms with E-state index >= 15 is 0 Å². The van der Waals surface area contributed by atoms with E-state index in [1.165, 1.54) is 0 Å². The molecule has 2 fully saturated rings. The lowest BCUT2D eigenvalue weighted by Gasteiger charge is -2.37. The van der Waals surface area contributed by atoms with E-state index in [4.69, 9.17) is 4.74 Å². The van der Waals surface area contributed by atoms with E-state index in [2.05, 4.69) is 15.3 Å². The fourth-order valence-electron chi connectivity index (χ4n) is 3.49. The van der Waals surface area contributed by atoms with Gasteiger partial charge in [0, 0.05) is 51.9 Å². The Morgan fingerprint density at radius 1 is 1.16 bits per heavy atom. The Kier molecular flexibility index (Phi) is 5.47. The molecular weight excluding hydrogens is 322 g/mol. The van der Waals surface area contributed by atoms with Crippen LogP contribution >= 0.6 is 0 Å². The Morgan fingerprint density at radius 3 is 2.56 bits per heavy atom. The first-order valence-electron chi connectivity index (χ1n) is 8.74. The molecule has 0 saturated carbocycles. The normalized spacial score (nSPS) is 21.9. The highest BCUT2D eigenvalue weighted by molar-refractivity contribution is 5.80. The molecule has 8 heteroatoms. The number of aromatic nitrogens is 2. The molecule has 0 spiro atoms. The molecule has 1 atom stereocenters. The number of nitrogens with one attached hydrogen (secondary N) is 1. The Labute approximate surface area is 147 Å². The van der Waals surface area contributed by atoms with Crippen molar-refractivity contribution in [2.45, 2.75) is 25.9 Å². The van der Waals surface area contributed by atoms with Gasteiger partial charge in [0.2, 0.25) is 11.8 Å². The van der Waals surface area contributed by atoms with Crippen LogP contribution in [0.1, 0.15) is 31.6 Å². The summed E-state index contributed by atoms with van der Waals surface area (Å²) in [4.78, 5) is 36.6. The summed E-state index contributed by atoms with van der Waals surface area (Å²) in [6, 6.07) is 0. The van der Waals surface area contributed by atoms with Crippen molar-refractivity contribution in [1.82, 2.24) is 19.8 Å². The third-order valence-corrected chi connectivity index (χ3v) is 4.94. The zero-order valence-corrected chi connectivity index (χ0v) is 14.8. The summed E-state index contributed by atoms with van der Waals surface area (Å²) in [5.41, 5.74) is 0.730. The van der Waals surface area contributed by atoms with Crippen LogP contribution in [0.2, 0.25) is 0 Å². The van der Waals surface area contributed by atoms with Gasteiger partial charge >= 0.3 is 0 Å². The summed E-state index contributed by atoms with van der Waals surface area (Å²) in [6.07, 6.45) is 4.45. The average molecular weight is 347 g/mol. The predicted molar refractivity (Wildman–Crippen MR) is 91.8 cm³/mol. The summed E-state index contributed by atoms with van der Waals surface area (Å²) in [5.74, 6) is 0.905. The van der Waals surface area contributed by atoms with Crippen LogP contribution in [0.3, 0.4) is 0 Å². The first-order chi connectivity index (χ1) is 12.1. The van der Waals surface area contributed by atoms with Crippen LogP contribution < -0.4 is 5.32 Å². The van der Waals surface area contributed by atoms with Crippen LogP contribution in [0.25, 0.3) is 0 Å². The lowest BCUT2D eigenvalue weighted by atomic mass is 9.94. The molecule has 1 aromatic heterocycles. The van der Waals surface area contributed by atoms with Gasteiger partial charge in [-0.05, 0) is 12.8 Å². The number of amides is 2. The van der Waals surface area contributed by atoms with E-state index in [0.717, 1.165) is 18.5 Å². The minimum atomic E-state index is -0.272. The summed E-state index contributed by atoms with van der Waals surface area (Å²) in [5, 5.41) is 3.02. The smallest absolute Gasteiger partial charge is 0.225 e. The number of hydrogen-bond acceptors (Lipinski definition) is 6. The number of anilines is 1. The number of carbonyl (C=O) groups is 2. The number of likely N-dealkylation sites (tertiary alicyclic amines) is 1. The zero-order valence-electron chi connectivity index (χ0n) is 14.8. The first kappa shape index (κ1) is 17.6. The number of morpholine rings is 1. The molecule has 0 radical (unpaired) electrons. The molecule has 0 aliphatic carbocycles. The lowest BCUT2D eigenvalue weighted by molar-refractivity contribution is -0.146. The van der Waals surface area contributed by atoms with Crippen LogP contribution in [0.5, 0.6) is 0 Å². The minimum Gasteiger partial charge on any atom is -0.372 e. The summed E-state index contributed by atoms with van der Waals surface area (Å²) in [6.45, 7) is 4.47. The second-order valence-electron chi connectivity index (χ2n) is 6.46. The van der Waals surface area contributed by atoms with Crippen LogP contribution in [0, 0.1) is 5.92 Å². The van der Waals surface area contributed by atoms with Crippen LogP contribution in [0.15, 0.2) is 12.4 Å². The minimum absolute atomic E-state index is 0.0139. The maximum absolute atomic E-state index is 12.9. The van der Waals surface area contributed by atoms with Gasteiger partial charge in [-0.3, -0.25) is 14.6 Å². The maximum atomic E-state index is 12.9. The zero-order chi connectivity index (χ0) is 17.8. The van der Waals surface area contributed by atoms with Crippen molar-refractivity contribution < 1.29 is 14.3 Å². The fourth-order valence-corrected chi connectivity index (χ4v) is 3.49. The number of piperidine rings is 1. The SMILES string of the molecule is CNc1nccnc1C1CN(C(=O)C2CCN(C(C)=O)CC2)CCO1. The Hall–Kier alpha value is -2.22. The maximum Gasteiger partial charge on any atom is 0.225 e. The van der Waals surface area contributed by atoms with Gasteiger partial charge in [-0.15, -0.1) is 0 Å². The molecule has 3 heterocycles. The largest absolute Gasteiger partial charge is 0.372 e. The molecule has 1 unspecified atom stereocenters. The van der Waals surface area contributed by atoms with Gasteiger partial charge in [-0.1, -0.05) is 0 Å². The van der Waals surface area contributed by atoms with Gasteiger partial charge in [-0.2, -0.15) is 0 Å². The Balaban J connectivity index is 1.63. The Bertz CT molecular complexity index is 630. The van der Waals surface area contributed by atoms with E-state index in [-0.39, 0.29) is 23.8 Å². The van der Waals surface area contributed by atoms with Crippen LogP contribution in [0.4, 0.5) is 5.82 Å². The van der Waals surface area contributed by atoms with E-state index in [0.29, 0.717) is 38.6 Å². The second kappa shape index (κ2) is 7.77. The van der Waals surface area contributed by atoms with Crippen molar-refractivity contribution in [3.05, 3.63) is 18.1 Å². The summed E-state index contributed by atoms with van der Waals surface area (Å²) >= 11 is 0. The molecule has 25 heavy (non-hydrogen) atoms. The van der Waals surface area contributed by atoms with Crippen molar-refractivity contribution in [1.29, 1.82) is 0 Å². The number of nitrogens with zero attached hydrogens (tertiary/aromatic N) is 4. The van der Waals surface area contributed by atoms with Crippen LogP contribution in [-0.2, 0) is 14.3 Å². The van der Waals surface area contributed by atoms with Gasteiger partial charge < -0.3 is 19.9 Å². The monoisotopic (exact) mass is 347 g/mol. The lowest BCUT2D eigenvalue weighted by Crippen LogP contribution is -2.48. The third kappa shape index (κ3) is 3.89. The van der Waals surface area contributed by atoms with Crippen LogP contribution in [-0.4, -0.2) is 71.4 Å². The fraction of sp³-hybridized carbons (Fsp3) is 0.647. The van der Waals surface area contributed by atoms with Crippen molar-refractivity contribution in [3.63, 3.8) is 0 Å². The quantitative estimate of drug-likeness (QED) is 0.865. The van der Waals surface area contributed by atoms with Crippen molar-refractivity contribution in [2.75, 3.05) is 45.2 Å². The molecule has 2 saturated heterocycles. The van der Waals surface area contributed by atoms with Gasteiger partial charge in [-0.25, -0.2) is 4.98 Å². The van der Waals surface area contributed by atoms with Crippen molar-refractivity contribution >= 4 is 17.6 Å². The van der Waals surface area contributed by atoms with E-state index in [9.17, 15) is 9.59 Å². The molecule has 136 valence electrons. The van der Waals surface area contributed by atoms with Crippen molar-refractivity contribution in [3.8, 4) is 0 Å². The summed E-state index contributed by atoms with van der Waals surface area (Å²) in [7, 11) is 1.79. The highest BCUT2D eigenvalue weighted by Gasteiger charge is 2.33. The van der Waals surface area contributed by atoms with E-state index < -0.39 is 0 Å². The number of hydrogen-bond donors (Lipinski definition) is 1. The van der Waals surface area contributed by atoms with E-state index in [1.807, 2.05) is 9.80 Å². The molecule has 2 amide bonds. The standard InChI is InChI=1S/C17H25N5O3/c1-12(23)21-7-3-13(4-8-21)17(24)22-9-10-25-14(11-22)15-16(18-2)20-6-5-19-15/h5-6,13-14H,3-4,7-11H2,1-2H3,(H,18,20). The van der Waals surface area contributed by atoms with Gasteiger partial charge in [0.1, 0.15) is 17.6 Å². The first-order valence-corrected chi connectivity index (χ1v) is 8.74. The van der Waals surface area contributed by atoms with Gasteiger partial charge in [0.05, 0.1) is 13.2 Å². The Morgan fingerprint density at radius 2 is 1.88 bits per heavy atom. The average Bonchev–Trinajstić information content (AvgIpc) is 2.67. The van der Waals surface area contributed by atoms with Gasteiger partial charge in [0.25, 0.3) is 0 Å². The van der Waals surface area contributed by atoms with Gasteiger partial charge in [0.15, 0.2) is 0 Å². The molecule has 2 aliphatic rings. The van der Waals surface area contributed by atoms with E-state index in [1.54, 1.807) is 26.4 Å². The molecular formula is C17H25N5O3.